The van der Waals surface area contributed by atoms with Crippen molar-refractivity contribution >= 4 is 33.0 Å². The Morgan fingerprint density at radius 1 is 1.60 bits per heavy atom. The number of nitrogens with zero attached hydrogens (tertiary/aromatic N) is 1. The van der Waals surface area contributed by atoms with Gasteiger partial charge in [0.1, 0.15) is 5.75 Å². The van der Waals surface area contributed by atoms with E-state index in [1.807, 2.05) is 0 Å². The van der Waals surface area contributed by atoms with Crippen molar-refractivity contribution in [2.24, 2.45) is 0 Å². The highest BCUT2D eigenvalue weighted by atomic mass is 35.5. The molecule has 82 valence electrons. The number of carbonyl (C=O) groups is 1. The maximum Gasteiger partial charge on any atom is 0.239 e. The summed E-state index contributed by atoms with van der Waals surface area (Å²) in [6.07, 6.45) is 3.80. The second-order valence-corrected chi connectivity index (χ2v) is 5.52. The minimum Gasteiger partial charge on any atom is -0.323 e. The summed E-state index contributed by atoms with van der Waals surface area (Å²) < 4.78 is 21.6. The molecule has 0 aliphatic carbocycles. The number of anilines is 1. The van der Waals surface area contributed by atoms with Crippen LogP contribution in [-0.2, 0) is 14.6 Å². The molecule has 5 nitrogen and oxygen atoms in total. The zero-order valence-corrected chi connectivity index (χ0v) is 9.47. The number of carbonyl (C=O) groups excluding carboxylic acids is 1. The maximum atomic E-state index is 11.2. The van der Waals surface area contributed by atoms with Crippen LogP contribution >= 0.6 is 11.6 Å². The molecule has 0 aromatic carbocycles. The van der Waals surface area contributed by atoms with E-state index >= 15 is 0 Å². The van der Waals surface area contributed by atoms with Gasteiger partial charge in [-0.15, -0.1) is 0 Å². The third-order valence-corrected chi connectivity index (χ3v) is 2.55. The summed E-state index contributed by atoms with van der Waals surface area (Å²) in [7, 11) is -3.33. The van der Waals surface area contributed by atoms with Gasteiger partial charge in [-0.1, -0.05) is 11.6 Å². The van der Waals surface area contributed by atoms with Crippen LogP contribution in [0.3, 0.4) is 0 Å². The Hall–Kier alpha value is -1.14. The summed E-state index contributed by atoms with van der Waals surface area (Å²) in [5.41, 5.74) is 0.299. The van der Waals surface area contributed by atoms with Gasteiger partial charge in [-0.2, -0.15) is 0 Å². The van der Waals surface area contributed by atoms with Crippen LogP contribution < -0.4 is 5.32 Å². The number of halogens is 1. The van der Waals surface area contributed by atoms with Gasteiger partial charge in [0, 0.05) is 12.5 Å². The highest BCUT2D eigenvalue weighted by molar-refractivity contribution is 7.91. The van der Waals surface area contributed by atoms with E-state index in [4.69, 9.17) is 11.6 Å². The molecule has 0 aliphatic heterocycles. The quantitative estimate of drug-likeness (QED) is 0.855. The van der Waals surface area contributed by atoms with E-state index in [1.54, 1.807) is 0 Å². The zero-order valence-electron chi connectivity index (χ0n) is 7.90. The molecule has 1 rings (SSSR count). The van der Waals surface area contributed by atoms with Crippen LogP contribution in [0.1, 0.15) is 0 Å². The summed E-state index contributed by atoms with van der Waals surface area (Å²) in [4.78, 5) is 15.0. The summed E-state index contributed by atoms with van der Waals surface area (Å²) in [6, 6.07) is 1.50. The molecule has 0 spiro atoms. The fourth-order valence-corrected chi connectivity index (χ4v) is 1.59. The molecular weight excluding hydrogens is 240 g/mol. The summed E-state index contributed by atoms with van der Waals surface area (Å²) in [5, 5.41) is 2.67. The van der Waals surface area contributed by atoms with E-state index in [1.165, 1.54) is 18.5 Å². The van der Waals surface area contributed by atoms with Crippen LogP contribution in [0.15, 0.2) is 18.5 Å². The SMILES string of the molecule is CS(=O)(=O)CC(=O)Nc1cnccc1Cl. The van der Waals surface area contributed by atoms with E-state index < -0.39 is 21.5 Å². The van der Waals surface area contributed by atoms with Crippen molar-refractivity contribution in [3.8, 4) is 0 Å². The van der Waals surface area contributed by atoms with Crippen molar-refractivity contribution in [2.45, 2.75) is 0 Å². The topological polar surface area (TPSA) is 76.1 Å². The smallest absolute Gasteiger partial charge is 0.239 e. The van der Waals surface area contributed by atoms with E-state index in [0.29, 0.717) is 10.7 Å². The minimum absolute atomic E-state index is 0.299. The minimum atomic E-state index is -3.33. The Labute approximate surface area is 92.4 Å². The van der Waals surface area contributed by atoms with Crippen molar-refractivity contribution in [3.63, 3.8) is 0 Å². The predicted octanol–water partition coefficient (Wildman–Crippen LogP) is 0.718. The molecule has 0 radical (unpaired) electrons. The molecule has 0 saturated heterocycles. The molecule has 0 aliphatic rings. The fraction of sp³-hybridized carbons (Fsp3) is 0.250. The molecular formula is C8H9ClN2O3S. The third kappa shape index (κ3) is 4.26. The molecule has 7 heteroatoms. The normalized spacial score (nSPS) is 11.1. The highest BCUT2D eigenvalue weighted by Crippen LogP contribution is 2.18. The van der Waals surface area contributed by atoms with Gasteiger partial charge >= 0.3 is 0 Å². The Morgan fingerprint density at radius 3 is 2.80 bits per heavy atom. The standard InChI is InChI=1S/C8H9ClN2O3S/c1-15(13,14)5-8(12)11-7-4-10-3-2-6(7)9/h2-4H,5H2,1H3,(H,11,12). The molecule has 1 aromatic heterocycles. The monoisotopic (exact) mass is 248 g/mol. The molecule has 0 atom stereocenters. The molecule has 0 saturated carbocycles. The lowest BCUT2D eigenvalue weighted by atomic mass is 10.4. The van der Waals surface area contributed by atoms with Crippen LogP contribution in [0.5, 0.6) is 0 Å². The molecule has 0 bridgehead atoms. The van der Waals surface area contributed by atoms with Gasteiger partial charge < -0.3 is 5.32 Å². The molecule has 1 aromatic rings. The number of amides is 1. The number of sulfone groups is 1. The second kappa shape index (κ2) is 4.59. The summed E-state index contributed by atoms with van der Waals surface area (Å²) in [6.45, 7) is 0. The molecule has 0 unspecified atom stereocenters. The molecule has 15 heavy (non-hydrogen) atoms. The van der Waals surface area contributed by atoms with Gasteiger partial charge in [-0.05, 0) is 6.07 Å². The number of aromatic nitrogens is 1. The van der Waals surface area contributed by atoms with Crippen LogP contribution in [0.4, 0.5) is 5.69 Å². The van der Waals surface area contributed by atoms with Crippen molar-refractivity contribution < 1.29 is 13.2 Å². The van der Waals surface area contributed by atoms with Crippen LogP contribution in [0, 0.1) is 0 Å². The number of nitrogens with one attached hydrogen (secondary N) is 1. The van der Waals surface area contributed by atoms with Gasteiger partial charge in [0.15, 0.2) is 9.84 Å². The molecule has 1 heterocycles. The van der Waals surface area contributed by atoms with E-state index in [9.17, 15) is 13.2 Å². The average molecular weight is 249 g/mol. The average Bonchev–Trinajstić information content (AvgIpc) is 2.05. The van der Waals surface area contributed by atoms with Crippen molar-refractivity contribution in [1.29, 1.82) is 0 Å². The Balaban J connectivity index is 2.72. The van der Waals surface area contributed by atoms with Crippen molar-refractivity contribution in [2.75, 3.05) is 17.3 Å². The molecule has 1 amide bonds. The largest absolute Gasteiger partial charge is 0.323 e. The first-order valence-corrected chi connectivity index (χ1v) is 6.39. The summed E-state index contributed by atoms with van der Waals surface area (Å²) >= 11 is 5.74. The Bertz CT molecular complexity index is 473. The summed E-state index contributed by atoms with van der Waals surface area (Å²) in [5.74, 6) is -1.20. The van der Waals surface area contributed by atoms with Crippen LogP contribution in [0.25, 0.3) is 0 Å². The number of hydrogen-bond donors (Lipinski definition) is 1. The van der Waals surface area contributed by atoms with Gasteiger partial charge in [0.25, 0.3) is 0 Å². The first kappa shape index (κ1) is 11.9. The third-order valence-electron chi connectivity index (χ3n) is 1.44. The number of pyridine rings is 1. The van der Waals surface area contributed by atoms with Crippen molar-refractivity contribution in [1.82, 2.24) is 4.98 Å². The van der Waals surface area contributed by atoms with Crippen LogP contribution in [-0.4, -0.2) is 31.3 Å². The Morgan fingerprint density at radius 2 is 2.27 bits per heavy atom. The second-order valence-electron chi connectivity index (χ2n) is 2.97. The van der Waals surface area contributed by atoms with E-state index in [0.717, 1.165) is 6.26 Å². The maximum absolute atomic E-state index is 11.2. The lowest BCUT2D eigenvalue weighted by Gasteiger charge is -2.04. The van der Waals surface area contributed by atoms with E-state index in [-0.39, 0.29) is 0 Å². The number of hydrogen-bond acceptors (Lipinski definition) is 4. The predicted molar refractivity (Wildman–Crippen MR) is 57.6 cm³/mol. The molecule has 1 N–H and O–H groups in total. The zero-order chi connectivity index (χ0) is 11.5. The van der Waals surface area contributed by atoms with Crippen molar-refractivity contribution in [3.05, 3.63) is 23.5 Å². The Kier molecular flexibility index (Phi) is 3.65. The van der Waals surface area contributed by atoms with Gasteiger partial charge in [-0.25, -0.2) is 8.42 Å². The lowest BCUT2D eigenvalue weighted by Crippen LogP contribution is -2.22. The van der Waals surface area contributed by atoms with Crippen LogP contribution in [0.2, 0.25) is 5.02 Å². The first-order chi connectivity index (χ1) is 6.88. The van der Waals surface area contributed by atoms with Gasteiger partial charge in [0.05, 0.1) is 16.9 Å². The fourth-order valence-electron chi connectivity index (χ4n) is 0.894. The first-order valence-electron chi connectivity index (χ1n) is 3.95. The lowest BCUT2D eigenvalue weighted by molar-refractivity contribution is -0.113. The van der Waals surface area contributed by atoms with Gasteiger partial charge in [-0.3, -0.25) is 9.78 Å². The van der Waals surface area contributed by atoms with Gasteiger partial charge in [0.2, 0.25) is 5.91 Å². The van der Waals surface area contributed by atoms with E-state index in [2.05, 4.69) is 10.3 Å². The number of rotatable bonds is 3. The molecule has 0 fully saturated rings. The highest BCUT2D eigenvalue weighted by Gasteiger charge is 2.12.